The topological polar surface area (TPSA) is 141 Å². The molecule has 47 heavy (non-hydrogen) atoms. The molecule has 5 aliphatic carbocycles. The SMILES string of the molecule is CC(=O)N(CCSC1CC(O)CC(C(=O)O)O1)C1CCC2(C)C(CCC3(C)C4CCC5(C)CCC(C(=O)O)CC5C4=CC(=O)C32)C1C. The Morgan fingerprint density at radius 2 is 1.64 bits per heavy atom. The van der Waals surface area contributed by atoms with Crippen LogP contribution < -0.4 is 0 Å². The molecule has 262 valence electrons. The number of amides is 1. The summed E-state index contributed by atoms with van der Waals surface area (Å²) in [5, 5.41) is 29.4. The van der Waals surface area contributed by atoms with Crippen molar-refractivity contribution in [1.29, 1.82) is 0 Å². The first-order valence-corrected chi connectivity index (χ1v) is 19.1. The van der Waals surface area contributed by atoms with Crippen LogP contribution in [-0.2, 0) is 23.9 Å². The summed E-state index contributed by atoms with van der Waals surface area (Å²) in [6.07, 6.45) is 8.89. The number of allylic oxidation sites excluding steroid dienone is 2. The number of fused-ring (bicyclic) bond motifs is 7. The van der Waals surface area contributed by atoms with Crippen molar-refractivity contribution < 1.29 is 39.2 Å². The van der Waals surface area contributed by atoms with E-state index in [0.29, 0.717) is 37.0 Å². The second-order valence-electron chi connectivity index (χ2n) is 16.8. The van der Waals surface area contributed by atoms with Crippen LogP contribution in [-0.4, -0.2) is 79.8 Å². The molecular formula is C37H55NO8S. The third-order valence-electron chi connectivity index (χ3n) is 14.3. The maximum absolute atomic E-state index is 14.4. The molecule has 1 amide bonds. The lowest BCUT2D eigenvalue weighted by molar-refractivity contribution is -0.168. The zero-order valence-electron chi connectivity index (χ0n) is 28.8. The second-order valence-corrected chi connectivity index (χ2v) is 18.1. The van der Waals surface area contributed by atoms with Crippen LogP contribution in [0, 0.1) is 51.8 Å². The minimum absolute atomic E-state index is 0.0263. The van der Waals surface area contributed by atoms with Gasteiger partial charge >= 0.3 is 11.9 Å². The molecule has 0 spiro atoms. The van der Waals surface area contributed by atoms with Crippen molar-refractivity contribution in [3.05, 3.63) is 11.6 Å². The molecule has 6 aliphatic rings. The van der Waals surface area contributed by atoms with E-state index in [9.17, 15) is 34.5 Å². The maximum atomic E-state index is 14.4. The van der Waals surface area contributed by atoms with Gasteiger partial charge < -0.3 is 25.0 Å². The van der Waals surface area contributed by atoms with Crippen molar-refractivity contribution >= 4 is 35.4 Å². The Hall–Kier alpha value is -1.91. The maximum Gasteiger partial charge on any atom is 0.332 e. The van der Waals surface area contributed by atoms with Gasteiger partial charge in [0.1, 0.15) is 5.44 Å². The number of carboxylic acid groups (broad SMARTS) is 2. The van der Waals surface area contributed by atoms with Gasteiger partial charge in [-0.2, -0.15) is 0 Å². The van der Waals surface area contributed by atoms with Crippen LogP contribution in [0.4, 0.5) is 0 Å². The van der Waals surface area contributed by atoms with E-state index in [-0.39, 0.29) is 64.1 Å². The molecule has 5 fully saturated rings. The molecule has 0 aromatic carbocycles. The number of aliphatic hydroxyl groups is 1. The highest BCUT2D eigenvalue weighted by Gasteiger charge is 2.65. The molecule has 1 heterocycles. The molecule has 0 radical (unpaired) electrons. The summed E-state index contributed by atoms with van der Waals surface area (Å²) < 4.78 is 5.71. The molecule has 1 saturated heterocycles. The molecule has 13 unspecified atom stereocenters. The van der Waals surface area contributed by atoms with Crippen molar-refractivity contribution in [2.45, 2.75) is 129 Å². The van der Waals surface area contributed by atoms with E-state index in [1.807, 2.05) is 11.0 Å². The molecule has 0 bridgehead atoms. The summed E-state index contributed by atoms with van der Waals surface area (Å²) in [6.45, 7) is 11.5. The standard InChI is InChI=1S/C37H55NO8S/c1-20-25-8-12-37(5)26-7-11-35(3)10-6-22(33(42)43)16-27(35)24(26)19-29(41)32(37)36(25,4)13-9-28(20)38(21(2)39)14-15-47-31-18-23(40)17-30(46-31)34(44)45/h19-20,22-23,25-28,30-32,40H,6-18H2,1-5H3,(H,42,43)(H,44,45). The van der Waals surface area contributed by atoms with Gasteiger partial charge in [-0.05, 0) is 104 Å². The lowest BCUT2D eigenvalue weighted by Gasteiger charge is -2.66. The van der Waals surface area contributed by atoms with E-state index >= 15 is 0 Å². The largest absolute Gasteiger partial charge is 0.481 e. The van der Waals surface area contributed by atoms with Gasteiger partial charge in [-0.3, -0.25) is 14.4 Å². The molecule has 1 aliphatic heterocycles. The number of hydrogen-bond acceptors (Lipinski definition) is 7. The molecule has 10 heteroatoms. The number of rotatable bonds is 7. The Kier molecular flexibility index (Phi) is 9.49. The Balaban J connectivity index is 1.18. The van der Waals surface area contributed by atoms with Crippen molar-refractivity contribution in [1.82, 2.24) is 4.90 Å². The predicted molar refractivity (Wildman–Crippen MR) is 178 cm³/mol. The second kappa shape index (κ2) is 12.8. The van der Waals surface area contributed by atoms with E-state index in [2.05, 4.69) is 27.7 Å². The van der Waals surface area contributed by atoms with Gasteiger partial charge in [0.05, 0.1) is 12.0 Å². The lowest BCUT2D eigenvalue weighted by atomic mass is 9.38. The first-order chi connectivity index (χ1) is 22.1. The fourth-order valence-electron chi connectivity index (χ4n) is 12.0. The van der Waals surface area contributed by atoms with Crippen LogP contribution in [0.2, 0.25) is 0 Å². The van der Waals surface area contributed by atoms with Gasteiger partial charge in [0.2, 0.25) is 5.91 Å². The summed E-state index contributed by atoms with van der Waals surface area (Å²) in [5.41, 5.74) is 0.579. The van der Waals surface area contributed by atoms with Gasteiger partial charge in [0.15, 0.2) is 11.9 Å². The van der Waals surface area contributed by atoms with Crippen LogP contribution in [0.25, 0.3) is 0 Å². The number of carboxylic acids is 2. The van der Waals surface area contributed by atoms with Gasteiger partial charge in [0, 0.05) is 44.0 Å². The highest BCUT2D eigenvalue weighted by atomic mass is 32.2. The molecule has 13 atom stereocenters. The number of ketones is 1. The molecular weight excluding hydrogens is 618 g/mol. The smallest absolute Gasteiger partial charge is 0.332 e. The summed E-state index contributed by atoms with van der Waals surface area (Å²) >= 11 is 1.47. The lowest BCUT2D eigenvalue weighted by Crippen LogP contribution is -2.63. The number of aliphatic hydroxyl groups excluding tert-OH is 1. The zero-order valence-corrected chi connectivity index (χ0v) is 29.6. The third-order valence-corrected chi connectivity index (χ3v) is 15.4. The number of carbonyl (C=O) groups excluding carboxylic acids is 2. The van der Waals surface area contributed by atoms with E-state index < -0.39 is 29.6 Å². The van der Waals surface area contributed by atoms with Gasteiger partial charge in [-0.25, -0.2) is 4.79 Å². The molecule has 0 aromatic heterocycles. The summed E-state index contributed by atoms with van der Waals surface area (Å²) in [5.74, 6) is -0.307. The summed E-state index contributed by atoms with van der Waals surface area (Å²) in [7, 11) is 0. The average molecular weight is 674 g/mol. The monoisotopic (exact) mass is 673 g/mol. The number of nitrogens with zero attached hydrogens (tertiary/aromatic N) is 1. The number of carbonyl (C=O) groups is 4. The van der Waals surface area contributed by atoms with Crippen LogP contribution in [0.5, 0.6) is 0 Å². The van der Waals surface area contributed by atoms with E-state index in [1.165, 1.54) is 17.3 Å². The predicted octanol–water partition coefficient (Wildman–Crippen LogP) is 5.78. The first-order valence-electron chi connectivity index (χ1n) is 18.0. The Morgan fingerprint density at radius 1 is 0.936 bits per heavy atom. The number of aliphatic carboxylic acids is 2. The highest BCUT2D eigenvalue weighted by molar-refractivity contribution is 7.99. The highest BCUT2D eigenvalue weighted by Crippen LogP contribution is 2.69. The Labute approximate surface area is 283 Å². The normalized spacial score (nSPS) is 46.2. The van der Waals surface area contributed by atoms with Crippen LogP contribution in [0.15, 0.2) is 11.6 Å². The number of thioether (sulfide) groups is 1. The molecule has 3 N–H and O–H groups in total. The van der Waals surface area contributed by atoms with Crippen molar-refractivity contribution in [2.24, 2.45) is 51.8 Å². The molecule has 4 saturated carbocycles. The molecule has 0 aromatic rings. The molecule has 6 rings (SSSR count). The fraction of sp³-hybridized carbons (Fsp3) is 0.838. The third kappa shape index (κ3) is 6.00. The Morgan fingerprint density at radius 3 is 2.32 bits per heavy atom. The molecule has 9 nitrogen and oxygen atoms in total. The minimum atomic E-state index is -1.06. The quantitative estimate of drug-likeness (QED) is 0.307. The van der Waals surface area contributed by atoms with E-state index in [4.69, 9.17) is 4.74 Å². The van der Waals surface area contributed by atoms with Crippen molar-refractivity contribution in [3.8, 4) is 0 Å². The fourth-order valence-corrected chi connectivity index (χ4v) is 13.1. The van der Waals surface area contributed by atoms with E-state index in [0.717, 1.165) is 51.4 Å². The first kappa shape index (κ1) is 34.9. The van der Waals surface area contributed by atoms with Gasteiger partial charge in [0.25, 0.3) is 0 Å². The average Bonchev–Trinajstić information content (AvgIpc) is 2.98. The van der Waals surface area contributed by atoms with Gasteiger partial charge in [-0.1, -0.05) is 33.3 Å². The van der Waals surface area contributed by atoms with Crippen LogP contribution >= 0.6 is 11.8 Å². The van der Waals surface area contributed by atoms with Crippen molar-refractivity contribution in [2.75, 3.05) is 12.3 Å². The number of hydrogen-bond donors (Lipinski definition) is 3. The number of ether oxygens (including phenoxy) is 1. The van der Waals surface area contributed by atoms with Crippen LogP contribution in [0.1, 0.15) is 105 Å². The summed E-state index contributed by atoms with van der Waals surface area (Å²) in [4.78, 5) is 53.0. The summed E-state index contributed by atoms with van der Waals surface area (Å²) in [6, 6.07) is 0.0653. The zero-order chi connectivity index (χ0) is 34.1. The minimum Gasteiger partial charge on any atom is -0.481 e. The van der Waals surface area contributed by atoms with Crippen molar-refractivity contribution in [3.63, 3.8) is 0 Å². The van der Waals surface area contributed by atoms with Gasteiger partial charge in [-0.15, -0.1) is 11.8 Å². The van der Waals surface area contributed by atoms with Crippen LogP contribution in [0.3, 0.4) is 0 Å². The Bertz CT molecular complexity index is 1320. The van der Waals surface area contributed by atoms with E-state index in [1.54, 1.807) is 6.92 Å².